The number of ketones is 3. The van der Waals surface area contributed by atoms with Crippen LogP contribution in [-0.2, 0) is 30.6 Å². The Labute approximate surface area is 294 Å². The second-order valence-corrected chi connectivity index (χ2v) is 15.1. The highest BCUT2D eigenvalue weighted by atomic mass is 16.2. The van der Waals surface area contributed by atoms with Gasteiger partial charge in [0, 0.05) is 64.5 Å². The molecule has 1 N–H and O–H groups in total. The van der Waals surface area contributed by atoms with E-state index >= 15 is 0 Å². The van der Waals surface area contributed by atoms with Gasteiger partial charge >= 0.3 is 0 Å². The van der Waals surface area contributed by atoms with Gasteiger partial charge in [-0.2, -0.15) is 0 Å². The largest absolute Gasteiger partial charge is 0.358 e. The molecule has 1 fully saturated rings. The van der Waals surface area contributed by atoms with Gasteiger partial charge in [0.15, 0.2) is 0 Å². The second kappa shape index (κ2) is 11.5. The molecule has 0 atom stereocenters. The fraction of sp³-hybridized carbons (Fsp3) is 0.250. The highest BCUT2D eigenvalue weighted by Gasteiger charge is 2.42. The fourth-order valence-electron chi connectivity index (χ4n) is 8.13. The summed E-state index contributed by atoms with van der Waals surface area (Å²) in [5.41, 5.74) is 8.21. The van der Waals surface area contributed by atoms with Crippen molar-refractivity contribution >= 4 is 34.4 Å². The molecule has 0 spiro atoms. The van der Waals surface area contributed by atoms with Crippen molar-refractivity contribution in [3.05, 3.63) is 160 Å². The number of carbonyl (C=O) groups is 3. The molecule has 0 unspecified atom stereocenters. The number of hydrogen-bond acceptors (Lipinski definition) is 6. The van der Waals surface area contributed by atoms with E-state index in [4.69, 9.17) is 0 Å². The lowest BCUT2D eigenvalue weighted by Crippen LogP contribution is -2.32. The molecule has 252 valence electrons. The molecule has 4 aliphatic rings. The van der Waals surface area contributed by atoms with Crippen LogP contribution in [0.5, 0.6) is 0 Å². The van der Waals surface area contributed by atoms with Crippen molar-refractivity contribution < 1.29 is 14.4 Å². The predicted molar refractivity (Wildman–Crippen MR) is 202 cm³/mol. The Morgan fingerprint density at radius 2 is 0.860 bits per heavy atom. The molecule has 6 nitrogen and oxygen atoms in total. The summed E-state index contributed by atoms with van der Waals surface area (Å²) < 4.78 is 0. The third-order valence-electron chi connectivity index (χ3n) is 11.1. The molecule has 3 aromatic carbocycles. The van der Waals surface area contributed by atoms with Crippen LogP contribution in [0.2, 0.25) is 0 Å². The number of carbonyl (C=O) groups excluding carboxylic acids is 3. The molecule has 7 rings (SSSR count). The van der Waals surface area contributed by atoms with Gasteiger partial charge in [0.2, 0.25) is 17.3 Å². The Bertz CT molecular complexity index is 2090. The molecule has 50 heavy (non-hydrogen) atoms. The van der Waals surface area contributed by atoms with Crippen LogP contribution in [0.4, 0.5) is 17.1 Å². The van der Waals surface area contributed by atoms with Gasteiger partial charge < -0.3 is 15.1 Å². The normalized spacial score (nSPS) is 24.0. The van der Waals surface area contributed by atoms with E-state index in [-0.39, 0.29) is 33.0 Å². The van der Waals surface area contributed by atoms with Crippen molar-refractivity contribution in [3.8, 4) is 0 Å². The number of nitrogens with zero attached hydrogens (tertiary/aromatic N) is 2. The molecule has 0 saturated heterocycles. The lowest BCUT2D eigenvalue weighted by molar-refractivity contribution is -0.124. The molecule has 6 heteroatoms. The number of allylic oxidation sites excluding steroid dienone is 12. The Balaban J connectivity index is 1.34. The minimum atomic E-state index is -0.575. The number of likely N-dealkylation sites (N-methyl/N-ethyl adjacent to an activating group) is 2. The van der Waals surface area contributed by atoms with Crippen LogP contribution in [0.1, 0.15) is 58.2 Å². The Hall–Kier alpha value is -5.49. The van der Waals surface area contributed by atoms with Gasteiger partial charge in [-0.3, -0.25) is 14.4 Å². The number of rotatable bonds is 3. The maximum Gasteiger partial charge on any atom is 0.200 e. The highest BCUT2D eigenvalue weighted by molar-refractivity contribution is 6.52. The predicted octanol–water partition coefficient (Wildman–Crippen LogP) is 8.40. The van der Waals surface area contributed by atoms with Gasteiger partial charge in [0.25, 0.3) is 0 Å². The molecular formula is C44H43N3O3. The zero-order chi connectivity index (χ0) is 35.7. The maximum absolute atomic E-state index is 14.2. The number of para-hydroxylation sites is 3. The van der Waals surface area contributed by atoms with E-state index in [1.807, 2.05) is 74.8 Å². The van der Waals surface area contributed by atoms with Crippen molar-refractivity contribution in [2.45, 2.75) is 57.8 Å². The summed E-state index contributed by atoms with van der Waals surface area (Å²) in [7, 11) is 3.99. The van der Waals surface area contributed by atoms with Crippen molar-refractivity contribution in [3.63, 3.8) is 0 Å². The third kappa shape index (κ3) is 4.88. The molecule has 0 radical (unpaired) electrons. The van der Waals surface area contributed by atoms with Gasteiger partial charge in [-0.05, 0) is 71.3 Å². The van der Waals surface area contributed by atoms with Gasteiger partial charge in [0.05, 0.1) is 16.7 Å². The maximum atomic E-state index is 14.2. The van der Waals surface area contributed by atoms with E-state index in [2.05, 4.69) is 87.0 Å². The highest BCUT2D eigenvalue weighted by Crippen LogP contribution is 2.48. The number of fused-ring (bicyclic) bond motifs is 3. The van der Waals surface area contributed by atoms with E-state index in [9.17, 15) is 14.4 Å². The van der Waals surface area contributed by atoms with E-state index in [1.54, 1.807) is 18.2 Å². The first-order valence-corrected chi connectivity index (χ1v) is 17.1. The zero-order valence-electron chi connectivity index (χ0n) is 30.0. The first kappa shape index (κ1) is 33.0. The summed E-state index contributed by atoms with van der Waals surface area (Å²) in [6.45, 7) is 12.7. The van der Waals surface area contributed by atoms with Crippen LogP contribution >= 0.6 is 0 Å². The Morgan fingerprint density at radius 3 is 1.28 bits per heavy atom. The average Bonchev–Trinajstić information content (AvgIpc) is 3.55. The molecule has 3 aliphatic heterocycles. The summed E-state index contributed by atoms with van der Waals surface area (Å²) in [4.78, 5) is 46.8. The van der Waals surface area contributed by atoms with Crippen LogP contribution in [0.25, 0.3) is 0 Å². The summed E-state index contributed by atoms with van der Waals surface area (Å²) in [5.74, 6) is -1.72. The minimum Gasteiger partial charge on any atom is -0.358 e. The van der Waals surface area contributed by atoms with Crippen molar-refractivity contribution in [2.75, 3.05) is 29.2 Å². The number of hydrogen-bond donors (Lipinski definition) is 1. The summed E-state index contributed by atoms with van der Waals surface area (Å²) >= 11 is 0. The Morgan fingerprint density at radius 1 is 0.480 bits per heavy atom. The zero-order valence-corrected chi connectivity index (χ0v) is 30.0. The molecule has 0 bridgehead atoms. The first-order valence-electron chi connectivity index (χ1n) is 17.1. The van der Waals surface area contributed by atoms with Gasteiger partial charge in [-0.1, -0.05) is 96.1 Å². The van der Waals surface area contributed by atoms with Crippen LogP contribution < -0.4 is 15.1 Å². The lowest BCUT2D eigenvalue weighted by Gasteiger charge is -2.24. The van der Waals surface area contributed by atoms with Crippen LogP contribution in [0, 0.1) is 0 Å². The molecule has 1 aliphatic carbocycles. The number of benzene rings is 3. The van der Waals surface area contributed by atoms with E-state index < -0.39 is 17.3 Å². The number of anilines is 3. The standard InChI is InChI=1S/C44H43N3O3/c1-42(2)30-15-9-12-18-33(30)45-36(42)24-21-27-39(48)28(22-25-37-43(3,4)31-16-10-13-19-34(31)46(37)7)41(50)29(40(27)49)23-26-38-44(5,6)32-17-11-14-20-35(32)47(38)8/h9-26,45H,1-8H3/b28-22+,29-23+,36-24-,37-25+,38-26+. The smallest absolute Gasteiger partial charge is 0.200 e. The van der Waals surface area contributed by atoms with E-state index in [0.717, 1.165) is 39.7 Å². The lowest BCUT2D eigenvalue weighted by atomic mass is 9.80. The van der Waals surface area contributed by atoms with E-state index in [0.29, 0.717) is 0 Å². The monoisotopic (exact) mass is 661 g/mol. The Kier molecular flexibility index (Phi) is 7.63. The molecular weight excluding hydrogens is 619 g/mol. The molecule has 1 saturated carbocycles. The number of Topliss-reactive ketones (excluding diaryl/α,β-unsaturated/α-hetero) is 3. The SMILES string of the molecule is CN1/C(=C/C=C2\C(=O)C(=C/C=C3\Nc4ccccc4C3(C)C)C(=O)/C(=C\C=C3\N(C)c4ccccc4C3(C)C)C2=O)C(C)(C)c2ccccc21. The quantitative estimate of drug-likeness (QED) is 0.225. The van der Waals surface area contributed by atoms with Crippen LogP contribution in [0.15, 0.2) is 143 Å². The van der Waals surface area contributed by atoms with Crippen molar-refractivity contribution in [1.29, 1.82) is 0 Å². The summed E-state index contributed by atoms with van der Waals surface area (Å²) in [5, 5.41) is 3.46. The molecule has 3 heterocycles. The van der Waals surface area contributed by atoms with Gasteiger partial charge in [-0.15, -0.1) is 0 Å². The van der Waals surface area contributed by atoms with Gasteiger partial charge in [0.1, 0.15) is 0 Å². The third-order valence-corrected chi connectivity index (χ3v) is 11.1. The van der Waals surface area contributed by atoms with Crippen LogP contribution in [0.3, 0.4) is 0 Å². The van der Waals surface area contributed by atoms with Crippen molar-refractivity contribution in [2.24, 2.45) is 0 Å². The number of nitrogens with one attached hydrogen (secondary N) is 1. The topological polar surface area (TPSA) is 69.7 Å². The molecule has 0 aromatic heterocycles. The minimum absolute atomic E-state index is 0.0317. The van der Waals surface area contributed by atoms with Crippen LogP contribution in [-0.4, -0.2) is 31.4 Å². The van der Waals surface area contributed by atoms with Crippen molar-refractivity contribution in [1.82, 2.24) is 0 Å². The van der Waals surface area contributed by atoms with Gasteiger partial charge in [-0.25, -0.2) is 0 Å². The summed E-state index contributed by atoms with van der Waals surface area (Å²) in [6, 6.07) is 24.5. The van der Waals surface area contributed by atoms with E-state index in [1.165, 1.54) is 11.1 Å². The summed E-state index contributed by atoms with van der Waals surface area (Å²) in [6.07, 6.45) is 10.3. The average molecular weight is 662 g/mol. The fourth-order valence-corrected chi connectivity index (χ4v) is 8.13. The first-order chi connectivity index (χ1) is 23.7. The second-order valence-electron chi connectivity index (χ2n) is 15.1. The molecule has 0 amide bonds. The molecule has 3 aromatic rings.